The van der Waals surface area contributed by atoms with Crippen molar-refractivity contribution in [3.8, 4) is 0 Å². The minimum absolute atomic E-state index is 0.378. The van der Waals surface area contributed by atoms with Gasteiger partial charge in [0.15, 0.2) is 0 Å². The zero-order valence-electron chi connectivity index (χ0n) is 27.2. The van der Waals surface area contributed by atoms with Gasteiger partial charge in [0.05, 0.1) is 0 Å². The van der Waals surface area contributed by atoms with Gasteiger partial charge in [-0.05, 0) is 46.2 Å². The maximum Gasteiger partial charge on any atom is 0.0153 e. The molecule has 0 heterocycles. The molecule has 0 aliphatic heterocycles. The van der Waals surface area contributed by atoms with Crippen LogP contribution in [-0.4, -0.2) is 23.5 Å². The monoisotopic (exact) mass is 522 g/mol. The molecule has 0 fully saturated rings. The Hall–Kier alpha value is -0.0400. The van der Waals surface area contributed by atoms with Gasteiger partial charge in [-0.3, -0.25) is 4.90 Å². The predicted molar refractivity (Wildman–Crippen MR) is 172 cm³/mol. The van der Waals surface area contributed by atoms with Crippen molar-refractivity contribution in [1.82, 2.24) is 4.90 Å². The average molecular weight is 522 g/mol. The highest BCUT2D eigenvalue weighted by atomic mass is 15.2. The summed E-state index contributed by atoms with van der Waals surface area (Å²) >= 11 is 0. The first-order valence-corrected chi connectivity index (χ1v) is 17.8. The Balaban J connectivity index is 3.77. The SMILES string of the molecule is CCCCCCCCCCCCCCCN(CCCCCCCCCCCCCCC)C(C)(C)CCC. The highest BCUT2D eigenvalue weighted by Crippen LogP contribution is 2.23. The Labute approximate surface area is 237 Å². The minimum Gasteiger partial charge on any atom is -0.298 e. The first kappa shape index (κ1) is 37.0. The highest BCUT2D eigenvalue weighted by molar-refractivity contribution is 4.81. The number of hydrogen-bond donors (Lipinski definition) is 0. The van der Waals surface area contributed by atoms with Crippen molar-refractivity contribution in [2.24, 2.45) is 0 Å². The van der Waals surface area contributed by atoms with Gasteiger partial charge in [0.25, 0.3) is 0 Å². The molecule has 0 unspecified atom stereocenters. The Morgan fingerprint density at radius 1 is 0.324 bits per heavy atom. The fraction of sp³-hybridized carbons (Fsp3) is 1.00. The van der Waals surface area contributed by atoms with Gasteiger partial charge >= 0.3 is 0 Å². The standard InChI is InChI=1S/C36H75N/c1-6-9-11-13-15-17-19-21-23-25-27-29-31-34-37(36(4,5)33-8-3)35-32-30-28-26-24-22-20-18-16-14-12-10-7-2/h6-35H2,1-5H3. The van der Waals surface area contributed by atoms with Crippen molar-refractivity contribution >= 4 is 0 Å². The molecule has 0 atom stereocenters. The lowest BCUT2D eigenvalue weighted by Gasteiger charge is -2.39. The molecule has 0 spiro atoms. The van der Waals surface area contributed by atoms with Crippen molar-refractivity contribution in [2.75, 3.05) is 13.1 Å². The number of nitrogens with zero attached hydrogens (tertiary/aromatic N) is 1. The van der Waals surface area contributed by atoms with Crippen LogP contribution < -0.4 is 0 Å². The summed E-state index contributed by atoms with van der Waals surface area (Å²) in [6, 6.07) is 0. The molecule has 1 heteroatoms. The lowest BCUT2D eigenvalue weighted by Crippen LogP contribution is -2.45. The van der Waals surface area contributed by atoms with Crippen LogP contribution in [-0.2, 0) is 0 Å². The lowest BCUT2D eigenvalue weighted by molar-refractivity contribution is 0.105. The van der Waals surface area contributed by atoms with Crippen molar-refractivity contribution in [3.05, 3.63) is 0 Å². The predicted octanol–water partition coefficient (Wildman–Crippen LogP) is 13.0. The third-order valence-electron chi connectivity index (χ3n) is 8.78. The fourth-order valence-electron chi connectivity index (χ4n) is 6.13. The van der Waals surface area contributed by atoms with E-state index in [9.17, 15) is 0 Å². The molecule has 0 aromatic heterocycles. The van der Waals surface area contributed by atoms with Gasteiger partial charge < -0.3 is 0 Å². The van der Waals surface area contributed by atoms with Crippen LogP contribution in [0.1, 0.15) is 214 Å². The van der Waals surface area contributed by atoms with Crippen LogP contribution in [0.4, 0.5) is 0 Å². The molecule has 0 aliphatic rings. The van der Waals surface area contributed by atoms with E-state index in [1.165, 1.54) is 193 Å². The Morgan fingerprint density at radius 3 is 0.811 bits per heavy atom. The van der Waals surface area contributed by atoms with E-state index in [4.69, 9.17) is 0 Å². The molecule has 0 saturated carbocycles. The highest BCUT2D eigenvalue weighted by Gasteiger charge is 2.24. The second kappa shape index (κ2) is 29.0. The first-order valence-electron chi connectivity index (χ1n) is 17.8. The molecule has 0 amide bonds. The van der Waals surface area contributed by atoms with Gasteiger partial charge in [-0.15, -0.1) is 0 Å². The molecule has 0 bridgehead atoms. The number of hydrogen-bond acceptors (Lipinski definition) is 1. The van der Waals surface area contributed by atoms with Gasteiger partial charge in [0, 0.05) is 5.54 Å². The summed E-state index contributed by atoms with van der Waals surface area (Å²) in [5.41, 5.74) is 0.378. The number of unbranched alkanes of at least 4 members (excludes halogenated alkanes) is 24. The molecule has 0 rings (SSSR count). The second-order valence-corrected chi connectivity index (χ2v) is 13.0. The Morgan fingerprint density at radius 2 is 0.568 bits per heavy atom. The molecule has 1 nitrogen and oxygen atoms in total. The van der Waals surface area contributed by atoms with E-state index in [-0.39, 0.29) is 0 Å². The number of rotatable bonds is 31. The van der Waals surface area contributed by atoms with Crippen LogP contribution >= 0.6 is 0 Å². The molecule has 0 N–H and O–H groups in total. The third-order valence-corrected chi connectivity index (χ3v) is 8.78. The average Bonchev–Trinajstić information content (AvgIpc) is 2.88. The summed E-state index contributed by atoms with van der Waals surface area (Å²) < 4.78 is 0. The van der Waals surface area contributed by atoms with Crippen LogP contribution in [0.15, 0.2) is 0 Å². The van der Waals surface area contributed by atoms with Gasteiger partial charge in [-0.25, -0.2) is 0 Å². The van der Waals surface area contributed by atoms with E-state index < -0.39 is 0 Å². The fourth-order valence-corrected chi connectivity index (χ4v) is 6.13. The Bertz CT molecular complexity index is 385. The second-order valence-electron chi connectivity index (χ2n) is 13.0. The molecule has 0 radical (unpaired) electrons. The molecular formula is C36H75N. The first-order chi connectivity index (χ1) is 18.1. The zero-order chi connectivity index (χ0) is 27.3. The van der Waals surface area contributed by atoms with Crippen LogP contribution in [0.2, 0.25) is 0 Å². The lowest BCUT2D eigenvalue weighted by atomic mass is 9.95. The van der Waals surface area contributed by atoms with E-state index in [0.29, 0.717) is 5.54 Å². The van der Waals surface area contributed by atoms with Gasteiger partial charge in [-0.1, -0.05) is 181 Å². The summed E-state index contributed by atoms with van der Waals surface area (Å²) in [6.45, 7) is 14.6. The summed E-state index contributed by atoms with van der Waals surface area (Å²) in [5, 5.41) is 0. The summed E-state index contributed by atoms with van der Waals surface area (Å²) in [5.74, 6) is 0. The van der Waals surface area contributed by atoms with Crippen LogP contribution in [0, 0.1) is 0 Å². The van der Waals surface area contributed by atoms with Gasteiger partial charge in [0.2, 0.25) is 0 Å². The van der Waals surface area contributed by atoms with E-state index in [0.717, 1.165) is 0 Å². The zero-order valence-corrected chi connectivity index (χ0v) is 27.2. The maximum absolute atomic E-state index is 2.85. The summed E-state index contributed by atoms with van der Waals surface area (Å²) in [6.07, 6.45) is 40.4. The minimum atomic E-state index is 0.378. The van der Waals surface area contributed by atoms with Crippen LogP contribution in [0.3, 0.4) is 0 Å². The van der Waals surface area contributed by atoms with E-state index in [1.807, 2.05) is 0 Å². The molecule has 0 saturated heterocycles. The summed E-state index contributed by atoms with van der Waals surface area (Å²) in [4.78, 5) is 2.85. The molecule has 37 heavy (non-hydrogen) atoms. The molecular weight excluding hydrogens is 446 g/mol. The largest absolute Gasteiger partial charge is 0.298 e. The van der Waals surface area contributed by atoms with E-state index in [1.54, 1.807) is 0 Å². The molecule has 0 aliphatic carbocycles. The maximum atomic E-state index is 2.85. The molecule has 224 valence electrons. The Kier molecular flexibility index (Phi) is 28.9. The van der Waals surface area contributed by atoms with Crippen molar-refractivity contribution < 1.29 is 0 Å². The summed E-state index contributed by atoms with van der Waals surface area (Å²) in [7, 11) is 0. The van der Waals surface area contributed by atoms with Crippen LogP contribution in [0.5, 0.6) is 0 Å². The quantitative estimate of drug-likeness (QED) is 0.0820. The van der Waals surface area contributed by atoms with Crippen molar-refractivity contribution in [1.29, 1.82) is 0 Å². The molecule has 0 aromatic rings. The smallest absolute Gasteiger partial charge is 0.0153 e. The molecule has 0 aromatic carbocycles. The van der Waals surface area contributed by atoms with Crippen molar-refractivity contribution in [3.63, 3.8) is 0 Å². The normalized spacial score (nSPS) is 12.2. The van der Waals surface area contributed by atoms with E-state index >= 15 is 0 Å². The van der Waals surface area contributed by atoms with E-state index in [2.05, 4.69) is 39.5 Å². The van der Waals surface area contributed by atoms with Crippen molar-refractivity contribution in [2.45, 2.75) is 220 Å². The van der Waals surface area contributed by atoms with Gasteiger partial charge in [0.1, 0.15) is 0 Å². The topological polar surface area (TPSA) is 3.24 Å². The third kappa shape index (κ3) is 26.0. The van der Waals surface area contributed by atoms with Crippen LogP contribution in [0.25, 0.3) is 0 Å². The van der Waals surface area contributed by atoms with Gasteiger partial charge in [-0.2, -0.15) is 0 Å².